The van der Waals surface area contributed by atoms with Crippen LogP contribution in [0, 0.1) is 12.7 Å². The van der Waals surface area contributed by atoms with Gasteiger partial charge in [0.1, 0.15) is 12.1 Å². The summed E-state index contributed by atoms with van der Waals surface area (Å²) in [7, 11) is 0. The van der Waals surface area contributed by atoms with E-state index in [9.17, 15) is 14.0 Å². The second-order valence-corrected chi connectivity index (χ2v) is 5.99. The topological polar surface area (TPSA) is 84.0 Å². The van der Waals surface area contributed by atoms with Gasteiger partial charge in [-0.25, -0.2) is 14.4 Å². The molecule has 3 rings (SSSR count). The van der Waals surface area contributed by atoms with Crippen LogP contribution in [0.15, 0.2) is 67.3 Å². The molecule has 0 aliphatic carbocycles. The number of amides is 2. The monoisotopic (exact) mass is 376 g/mol. The molecule has 0 bridgehead atoms. The number of hydrogen-bond acceptors (Lipinski definition) is 4. The number of benzene rings is 2. The Morgan fingerprint density at radius 1 is 1.04 bits per heavy atom. The van der Waals surface area contributed by atoms with Gasteiger partial charge in [-0.1, -0.05) is 12.1 Å². The summed E-state index contributed by atoms with van der Waals surface area (Å²) in [5.41, 5.74) is 2.69. The summed E-state index contributed by atoms with van der Waals surface area (Å²) < 4.78 is 13.3. The van der Waals surface area contributed by atoms with E-state index in [4.69, 9.17) is 0 Å². The van der Waals surface area contributed by atoms with Gasteiger partial charge in [0.15, 0.2) is 0 Å². The molecule has 7 heteroatoms. The molecule has 0 atom stereocenters. The molecule has 3 aromatic rings. The van der Waals surface area contributed by atoms with Crippen molar-refractivity contribution in [3.05, 3.63) is 89.8 Å². The van der Waals surface area contributed by atoms with Crippen molar-refractivity contribution in [1.82, 2.24) is 9.97 Å². The highest BCUT2D eigenvalue weighted by Gasteiger charge is 2.10. The maximum absolute atomic E-state index is 13.3. The highest BCUT2D eigenvalue weighted by Crippen LogP contribution is 2.19. The second kappa shape index (κ2) is 8.68. The van der Waals surface area contributed by atoms with Crippen molar-refractivity contribution in [2.24, 2.45) is 0 Å². The van der Waals surface area contributed by atoms with Crippen molar-refractivity contribution in [3.8, 4) is 0 Å². The lowest BCUT2D eigenvalue weighted by molar-refractivity contribution is -0.111. The third-order valence-electron chi connectivity index (χ3n) is 3.85. The minimum Gasteiger partial charge on any atom is -0.322 e. The first kappa shape index (κ1) is 18.9. The van der Waals surface area contributed by atoms with E-state index in [-0.39, 0.29) is 5.91 Å². The molecular weight excluding hydrogens is 359 g/mol. The van der Waals surface area contributed by atoms with Gasteiger partial charge < -0.3 is 10.6 Å². The predicted octanol–water partition coefficient (Wildman–Crippen LogP) is 3.83. The SMILES string of the molecule is Cc1ccc(C(=O)Nc2cccc(F)c2)cc1NC(=O)/C=C/c1cncnc1. The summed E-state index contributed by atoms with van der Waals surface area (Å²) in [6.07, 6.45) is 7.52. The fourth-order valence-corrected chi connectivity index (χ4v) is 2.41. The Balaban J connectivity index is 1.71. The largest absolute Gasteiger partial charge is 0.322 e. The molecule has 0 fully saturated rings. The first-order valence-electron chi connectivity index (χ1n) is 8.43. The number of aromatic nitrogens is 2. The van der Waals surface area contributed by atoms with Crippen LogP contribution in [-0.2, 0) is 4.79 Å². The molecule has 0 saturated heterocycles. The number of halogens is 1. The van der Waals surface area contributed by atoms with Gasteiger partial charge in [-0.3, -0.25) is 9.59 Å². The standard InChI is InChI=1S/C21H17FN4O2/c1-14-5-7-16(21(28)25-18-4-2-3-17(22)10-18)9-19(14)26-20(27)8-6-15-11-23-13-24-12-15/h2-13H,1H3,(H,25,28)(H,26,27)/b8-6+. The fourth-order valence-electron chi connectivity index (χ4n) is 2.41. The number of carbonyl (C=O) groups excluding carboxylic acids is 2. The van der Waals surface area contributed by atoms with Crippen LogP contribution in [0.4, 0.5) is 15.8 Å². The van der Waals surface area contributed by atoms with E-state index >= 15 is 0 Å². The number of nitrogens with one attached hydrogen (secondary N) is 2. The van der Waals surface area contributed by atoms with Gasteiger partial charge in [-0.2, -0.15) is 0 Å². The summed E-state index contributed by atoms with van der Waals surface area (Å²) in [5, 5.41) is 5.37. The molecule has 0 radical (unpaired) electrons. The number of aryl methyl sites for hydroxylation is 1. The molecule has 0 aliphatic heterocycles. The smallest absolute Gasteiger partial charge is 0.255 e. The summed E-state index contributed by atoms with van der Waals surface area (Å²) in [5.74, 6) is -1.20. The first-order valence-corrected chi connectivity index (χ1v) is 8.43. The van der Waals surface area contributed by atoms with E-state index in [2.05, 4.69) is 20.6 Å². The Morgan fingerprint density at radius 3 is 2.57 bits per heavy atom. The number of hydrogen-bond donors (Lipinski definition) is 2. The lowest BCUT2D eigenvalue weighted by Gasteiger charge is -2.10. The van der Waals surface area contributed by atoms with Crippen molar-refractivity contribution < 1.29 is 14.0 Å². The van der Waals surface area contributed by atoms with E-state index in [1.807, 2.05) is 6.92 Å². The van der Waals surface area contributed by atoms with Gasteiger partial charge in [-0.15, -0.1) is 0 Å². The lowest BCUT2D eigenvalue weighted by Crippen LogP contribution is -2.14. The molecule has 28 heavy (non-hydrogen) atoms. The Morgan fingerprint density at radius 2 is 1.82 bits per heavy atom. The Hall–Kier alpha value is -3.87. The minimum absolute atomic E-state index is 0.339. The Bertz CT molecular complexity index is 1040. The number of carbonyl (C=O) groups is 2. The van der Waals surface area contributed by atoms with Gasteiger partial charge in [0, 0.05) is 41.0 Å². The molecule has 1 heterocycles. The second-order valence-electron chi connectivity index (χ2n) is 5.99. The Labute approximate surface area is 161 Å². The van der Waals surface area contributed by atoms with Crippen LogP contribution in [0.1, 0.15) is 21.5 Å². The summed E-state index contributed by atoms with van der Waals surface area (Å²) in [6.45, 7) is 1.82. The molecule has 1 aromatic heterocycles. The maximum Gasteiger partial charge on any atom is 0.255 e. The number of rotatable bonds is 5. The molecule has 0 spiro atoms. The highest BCUT2D eigenvalue weighted by molar-refractivity contribution is 6.06. The van der Waals surface area contributed by atoms with E-state index in [1.54, 1.807) is 42.7 Å². The van der Waals surface area contributed by atoms with Crippen LogP contribution in [0.3, 0.4) is 0 Å². The predicted molar refractivity (Wildman–Crippen MR) is 105 cm³/mol. The van der Waals surface area contributed by atoms with Gasteiger partial charge in [0.25, 0.3) is 5.91 Å². The van der Waals surface area contributed by atoms with Crippen LogP contribution in [0.25, 0.3) is 6.08 Å². The maximum atomic E-state index is 13.3. The molecule has 2 aromatic carbocycles. The summed E-state index contributed by atoms with van der Waals surface area (Å²) in [6, 6.07) is 10.6. The van der Waals surface area contributed by atoms with Crippen molar-refractivity contribution in [2.75, 3.05) is 10.6 Å². The number of nitrogens with zero attached hydrogens (tertiary/aromatic N) is 2. The van der Waals surface area contributed by atoms with Gasteiger partial charge >= 0.3 is 0 Å². The number of anilines is 2. The van der Waals surface area contributed by atoms with E-state index in [0.29, 0.717) is 22.5 Å². The molecular formula is C21H17FN4O2. The van der Waals surface area contributed by atoms with Crippen molar-refractivity contribution in [1.29, 1.82) is 0 Å². The van der Waals surface area contributed by atoms with Crippen LogP contribution >= 0.6 is 0 Å². The molecule has 0 unspecified atom stereocenters. The van der Waals surface area contributed by atoms with Gasteiger partial charge in [0.05, 0.1) is 0 Å². The van der Waals surface area contributed by atoms with Crippen LogP contribution in [0.5, 0.6) is 0 Å². The zero-order valence-corrected chi connectivity index (χ0v) is 15.0. The van der Waals surface area contributed by atoms with Crippen molar-refractivity contribution >= 4 is 29.3 Å². The molecule has 0 saturated carbocycles. The Kier molecular flexibility index (Phi) is 5.86. The van der Waals surface area contributed by atoms with Crippen molar-refractivity contribution in [3.63, 3.8) is 0 Å². The molecule has 2 amide bonds. The fraction of sp³-hybridized carbons (Fsp3) is 0.0476. The van der Waals surface area contributed by atoms with Crippen LogP contribution in [0.2, 0.25) is 0 Å². The van der Waals surface area contributed by atoms with Crippen LogP contribution in [-0.4, -0.2) is 21.8 Å². The molecule has 140 valence electrons. The molecule has 0 aliphatic rings. The zero-order valence-electron chi connectivity index (χ0n) is 15.0. The summed E-state index contributed by atoms with van der Waals surface area (Å²) >= 11 is 0. The normalized spacial score (nSPS) is 10.6. The third-order valence-corrected chi connectivity index (χ3v) is 3.85. The third kappa shape index (κ3) is 5.07. The van der Waals surface area contributed by atoms with E-state index in [0.717, 1.165) is 5.56 Å². The van der Waals surface area contributed by atoms with Crippen molar-refractivity contribution in [2.45, 2.75) is 6.92 Å². The van der Waals surface area contributed by atoms with Gasteiger partial charge in [0.2, 0.25) is 5.91 Å². The van der Waals surface area contributed by atoms with Crippen LogP contribution < -0.4 is 10.6 Å². The zero-order chi connectivity index (χ0) is 19.9. The summed E-state index contributed by atoms with van der Waals surface area (Å²) in [4.78, 5) is 32.3. The van der Waals surface area contributed by atoms with E-state index < -0.39 is 11.7 Å². The molecule has 6 nitrogen and oxygen atoms in total. The average molecular weight is 376 g/mol. The lowest BCUT2D eigenvalue weighted by atomic mass is 10.1. The highest BCUT2D eigenvalue weighted by atomic mass is 19.1. The molecule has 2 N–H and O–H groups in total. The average Bonchev–Trinajstić information content (AvgIpc) is 2.69. The quantitative estimate of drug-likeness (QED) is 0.663. The first-order chi connectivity index (χ1) is 13.5. The van der Waals surface area contributed by atoms with E-state index in [1.165, 1.54) is 30.6 Å². The minimum atomic E-state index is -0.440. The van der Waals surface area contributed by atoms with Gasteiger partial charge in [-0.05, 0) is 48.9 Å².